The van der Waals surface area contributed by atoms with E-state index in [-0.39, 0.29) is 11.9 Å². The predicted octanol–water partition coefficient (Wildman–Crippen LogP) is 2.60. The van der Waals surface area contributed by atoms with E-state index in [1.165, 1.54) is 5.69 Å². The average molecular weight is 428 g/mol. The number of hydrogen-bond donors (Lipinski definition) is 1. The lowest BCUT2D eigenvalue weighted by atomic mass is 10.1. The van der Waals surface area contributed by atoms with E-state index in [1.54, 1.807) is 4.90 Å². The van der Waals surface area contributed by atoms with Crippen molar-refractivity contribution in [1.29, 1.82) is 0 Å². The van der Waals surface area contributed by atoms with Gasteiger partial charge in [-0.2, -0.15) is 0 Å². The number of urea groups is 1. The monoisotopic (exact) mass is 427 g/mol. The van der Waals surface area contributed by atoms with Crippen LogP contribution in [0.15, 0.2) is 34.9 Å². The van der Waals surface area contributed by atoms with E-state index >= 15 is 0 Å². The Morgan fingerprint density at radius 3 is 2.39 bits per heavy atom. The molecule has 1 aliphatic rings. The van der Waals surface area contributed by atoms with E-state index in [2.05, 4.69) is 34.4 Å². The van der Waals surface area contributed by atoms with E-state index in [4.69, 9.17) is 4.52 Å². The molecule has 0 saturated carbocycles. The number of anilines is 1. The van der Waals surface area contributed by atoms with Gasteiger partial charge in [-0.15, -0.1) is 0 Å². The molecule has 0 aliphatic carbocycles. The highest BCUT2D eigenvalue weighted by Gasteiger charge is 2.25. The lowest BCUT2D eigenvalue weighted by molar-refractivity contribution is -0.131. The van der Waals surface area contributed by atoms with Gasteiger partial charge in [0.25, 0.3) is 0 Å². The molecule has 2 heterocycles. The summed E-state index contributed by atoms with van der Waals surface area (Å²) in [6, 6.07) is 10.3. The Bertz CT molecular complexity index is 840. The number of aryl methyl sites for hydroxylation is 2. The highest BCUT2D eigenvalue weighted by molar-refractivity contribution is 5.80. The molecular weight excluding hydrogens is 394 g/mol. The third-order valence-electron chi connectivity index (χ3n) is 5.81. The Kier molecular flexibility index (Phi) is 7.92. The summed E-state index contributed by atoms with van der Waals surface area (Å²) in [6.07, 6.45) is 1.17. The molecule has 0 unspecified atom stereocenters. The molecule has 168 valence electrons. The molecule has 31 heavy (non-hydrogen) atoms. The maximum absolute atomic E-state index is 12.6. The maximum Gasteiger partial charge on any atom is 0.317 e. The van der Waals surface area contributed by atoms with Crippen molar-refractivity contribution < 1.29 is 14.1 Å². The first-order valence-corrected chi connectivity index (χ1v) is 11.0. The SMILES string of the molecule is CCN(CCCNC(=O)N1CCN(C(=O)Cc2c(C)noc2C)CC1)c1ccccc1. The molecule has 3 amide bonds. The van der Waals surface area contributed by atoms with Crippen LogP contribution in [0.25, 0.3) is 0 Å². The second kappa shape index (κ2) is 10.8. The van der Waals surface area contributed by atoms with Crippen LogP contribution in [0.3, 0.4) is 0 Å². The van der Waals surface area contributed by atoms with Crippen molar-refractivity contribution >= 4 is 17.6 Å². The minimum absolute atomic E-state index is 0.0510. The molecule has 1 aliphatic heterocycles. The van der Waals surface area contributed by atoms with Crippen molar-refractivity contribution in [2.75, 3.05) is 50.7 Å². The van der Waals surface area contributed by atoms with Crippen molar-refractivity contribution in [3.8, 4) is 0 Å². The third-order valence-corrected chi connectivity index (χ3v) is 5.81. The minimum atomic E-state index is -0.0550. The zero-order valence-electron chi connectivity index (χ0n) is 18.8. The Labute approximate surface area is 184 Å². The summed E-state index contributed by atoms with van der Waals surface area (Å²) in [5.41, 5.74) is 2.83. The Morgan fingerprint density at radius 2 is 1.77 bits per heavy atom. The lowest BCUT2D eigenvalue weighted by Gasteiger charge is -2.34. The van der Waals surface area contributed by atoms with Gasteiger partial charge < -0.3 is 24.5 Å². The highest BCUT2D eigenvalue weighted by atomic mass is 16.5. The van der Waals surface area contributed by atoms with Crippen molar-refractivity contribution in [1.82, 2.24) is 20.3 Å². The number of hydrogen-bond acceptors (Lipinski definition) is 5. The summed E-state index contributed by atoms with van der Waals surface area (Å²) in [4.78, 5) is 31.0. The van der Waals surface area contributed by atoms with Crippen LogP contribution >= 0.6 is 0 Å². The van der Waals surface area contributed by atoms with Crippen LogP contribution in [-0.2, 0) is 11.2 Å². The van der Waals surface area contributed by atoms with Crippen molar-refractivity contribution in [2.24, 2.45) is 0 Å². The fourth-order valence-corrected chi connectivity index (χ4v) is 3.86. The number of aromatic nitrogens is 1. The summed E-state index contributed by atoms with van der Waals surface area (Å²) in [7, 11) is 0. The average Bonchev–Trinajstić information content (AvgIpc) is 3.11. The van der Waals surface area contributed by atoms with Crippen LogP contribution in [-0.4, -0.2) is 72.7 Å². The number of para-hydroxylation sites is 1. The van der Waals surface area contributed by atoms with Gasteiger partial charge in [-0.1, -0.05) is 23.4 Å². The number of amides is 3. The van der Waals surface area contributed by atoms with Gasteiger partial charge in [0.05, 0.1) is 12.1 Å². The van der Waals surface area contributed by atoms with Gasteiger partial charge in [-0.05, 0) is 39.3 Å². The zero-order valence-corrected chi connectivity index (χ0v) is 18.8. The van der Waals surface area contributed by atoms with Gasteiger partial charge >= 0.3 is 6.03 Å². The first-order valence-electron chi connectivity index (χ1n) is 11.0. The van der Waals surface area contributed by atoms with E-state index in [0.717, 1.165) is 30.8 Å². The van der Waals surface area contributed by atoms with Crippen molar-refractivity contribution in [3.63, 3.8) is 0 Å². The molecular formula is C23H33N5O3. The fourth-order valence-electron chi connectivity index (χ4n) is 3.86. The molecule has 0 spiro atoms. The third kappa shape index (κ3) is 5.99. The number of benzene rings is 1. The number of carbonyl (C=O) groups is 2. The predicted molar refractivity (Wildman–Crippen MR) is 120 cm³/mol. The number of nitrogens with one attached hydrogen (secondary N) is 1. The standard InChI is InChI=1S/C23H33N5O3/c1-4-26(20-9-6-5-7-10-20)12-8-11-24-23(30)28-15-13-27(14-16-28)22(29)17-21-18(2)25-31-19(21)3/h5-7,9-10H,4,8,11-17H2,1-3H3,(H,24,30). The molecule has 0 atom stereocenters. The van der Waals surface area contributed by atoms with Crippen LogP contribution in [0.2, 0.25) is 0 Å². The summed E-state index contributed by atoms with van der Waals surface area (Å²) >= 11 is 0. The fraction of sp³-hybridized carbons (Fsp3) is 0.522. The second-order valence-corrected chi connectivity index (χ2v) is 7.85. The second-order valence-electron chi connectivity index (χ2n) is 7.85. The quantitative estimate of drug-likeness (QED) is 0.655. The molecule has 3 rings (SSSR count). The first kappa shape index (κ1) is 22.7. The van der Waals surface area contributed by atoms with E-state index < -0.39 is 0 Å². The molecule has 1 saturated heterocycles. The minimum Gasteiger partial charge on any atom is -0.372 e. The highest BCUT2D eigenvalue weighted by Crippen LogP contribution is 2.15. The van der Waals surface area contributed by atoms with Crippen LogP contribution in [0.4, 0.5) is 10.5 Å². The first-order chi connectivity index (χ1) is 15.0. The molecule has 1 fully saturated rings. The molecule has 0 bridgehead atoms. The molecule has 2 aromatic rings. The number of piperazine rings is 1. The van der Waals surface area contributed by atoms with Gasteiger partial charge in [0.2, 0.25) is 5.91 Å². The Balaban J connectivity index is 1.36. The van der Waals surface area contributed by atoms with Gasteiger partial charge in [0, 0.05) is 57.1 Å². The largest absolute Gasteiger partial charge is 0.372 e. The summed E-state index contributed by atoms with van der Waals surface area (Å²) in [6.45, 7) is 10.5. The topological polar surface area (TPSA) is 81.9 Å². The number of nitrogens with zero attached hydrogens (tertiary/aromatic N) is 4. The number of carbonyl (C=O) groups excluding carboxylic acids is 2. The normalized spacial score (nSPS) is 13.9. The van der Waals surface area contributed by atoms with Crippen LogP contribution in [0, 0.1) is 13.8 Å². The molecule has 1 aromatic carbocycles. The summed E-state index contributed by atoms with van der Waals surface area (Å²) < 4.78 is 5.14. The molecule has 8 heteroatoms. The van der Waals surface area contributed by atoms with Gasteiger partial charge in [0.1, 0.15) is 5.76 Å². The maximum atomic E-state index is 12.6. The smallest absolute Gasteiger partial charge is 0.317 e. The zero-order chi connectivity index (χ0) is 22.2. The number of rotatable bonds is 8. The van der Waals surface area contributed by atoms with Crippen LogP contribution in [0.5, 0.6) is 0 Å². The van der Waals surface area contributed by atoms with Crippen LogP contribution in [0.1, 0.15) is 30.4 Å². The lowest BCUT2D eigenvalue weighted by Crippen LogP contribution is -2.53. The molecule has 8 nitrogen and oxygen atoms in total. The molecule has 1 N–H and O–H groups in total. The van der Waals surface area contributed by atoms with E-state index in [0.29, 0.717) is 44.9 Å². The van der Waals surface area contributed by atoms with Crippen molar-refractivity contribution in [2.45, 2.75) is 33.6 Å². The summed E-state index contributed by atoms with van der Waals surface area (Å²) in [5, 5.41) is 6.92. The summed E-state index contributed by atoms with van der Waals surface area (Å²) in [5.74, 6) is 0.743. The Hall–Kier alpha value is -3.03. The van der Waals surface area contributed by atoms with Crippen LogP contribution < -0.4 is 10.2 Å². The van der Waals surface area contributed by atoms with E-state index in [9.17, 15) is 9.59 Å². The van der Waals surface area contributed by atoms with Gasteiger partial charge in [0.15, 0.2) is 0 Å². The van der Waals surface area contributed by atoms with E-state index in [1.807, 2.05) is 36.9 Å². The molecule has 0 radical (unpaired) electrons. The Morgan fingerprint density at radius 1 is 1.10 bits per heavy atom. The van der Waals surface area contributed by atoms with Gasteiger partial charge in [-0.25, -0.2) is 4.79 Å². The van der Waals surface area contributed by atoms with Gasteiger partial charge in [-0.3, -0.25) is 4.79 Å². The molecule has 1 aromatic heterocycles. The van der Waals surface area contributed by atoms with Crippen molar-refractivity contribution in [3.05, 3.63) is 47.3 Å².